The highest BCUT2D eigenvalue weighted by Crippen LogP contribution is 2.25. The summed E-state index contributed by atoms with van der Waals surface area (Å²) in [4.78, 5) is 23.5. The molecule has 0 bridgehead atoms. The molecule has 7 heteroatoms. The van der Waals surface area contributed by atoms with Gasteiger partial charge in [0.15, 0.2) is 0 Å². The Hall–Kier alpha value is -1.66. The molecule has 0 spiro atoms. The Morgan fingerprint density at radius 2 is 2.21 bits per heavy atom. The molecule has 1 aromatic carbocycles. The molecule has 0 radical (unpaired) electrons. The molecule has 0 aliphatic heterocycles. The van der Waals surface area contributed by atoms with Gasteiger partial charge in [-0.15, -0.1) is 0 Å². The summed E-state index contributed by atoms with van der Waals surface area (Å²) in [5.74, 6) is -0.253. The van der Waals surface area contributed by atoms with Crippen molar-refractivity contribution in [2.24, 2.45) is 0 Å². The SMILES string of the molecule is CCOCCN(C)C(=O)c1ccc([N+](=O)[O-])c(Cl)c1. The molecule has 0 fully saturated rings. The Balaban J connectivity index is 2.77. The zero-order valence-electron chi connectivity index (χ0n) is 10.8. The second-order valence-electron chi connectivity index (χ2n) is 3.85. The molecular formula is C12H15ClN2O4. The van der Waals surface area contributed by atoms with E-state index in [1.165, 1.54) is 23.1 Å². The van der Waals surface area contributed by atoms with Crippen LogP contribution >= 0.6 is 11.6 Å². The fraction of sp³-hybridized carbons (Fsp3) is 0.417. The Labute approximate surface area is 116 Å². The number of ether oxygens (including phenoxy) is 1. The minimum atomic E-state index is -0.588. The average molecular weight is 287 g/mol. The minimum absolute atomic E-state index is 0.0472. The van der Waals surface area contributed by atoms with E-state index in [4.69, 9.17) is 16.3 Å². The third-order valence-electron chi connectivity index (χ3n) is 2.51. The van der Waals surface area contributed by atoms with Crippen LogP contribution in [0.25, 0.3) is 0 Å². The molecular weight excluding hydrogens is 272 g/mol. The number of nitro groups is 1. The first kappa shape index (κ1) is 15.4. The summed E-state index contributed by atoms with van der Waals surface area (Å²) < 4.78 is 5.16. The molecule has 0 aliphatic rings. The van der Waals surface area contributed by atoms with Crippen molar-refractivity contribution in [3.63, 3.8) is 0 Å². The van der Waals surface area contributed by atoms with E-state index in [0.29, 0.717) is 25.3 Å². The van der Waals surface area contributed by atoms with Crippen molar-refractivity contribution in [3.8, 4) is 0 Å². The van der Waals surface area contributed by atoms with Gasteiger partial charge in [-0.25, -0.2) is 0 Å². The first-order chi connectivity index (χ1) is 8.97. The Kier molecular flexibility index (Phi) is 5.72. The van der Waals surface area contributed by atoms with Gasteiger partial charge in [-0.1, -0.05) is 11.6 Å². The lowest BCUT2D eigenvalue weighted by Gasteiger charge is -2.17. The van der Waals surface area contributed by atoms with E-state index in [1.54, 1.807) is 7.05 Å². The average Bonchev–Trinajstić information content (AvgIpc) is 2.37. The van der Waals surface area contributed by atoms with Crippen LogP contribution in [0.5, 0.6) is 0 Å². The molecule has 19 heavy (non-hydrogen) atoms. The summed E-state index contributed by atoms with van der Waals surface area (Å²) in [6.07, 6.45) is 0. The van der Waals surface area contributed by atoms with E-state index in [1.807, 2.05) is 6.92 Å². The number of likely N-dealkylation sites (N-methyl/N-ethyl adjacent to an activating group) is 1. The topological polar surface area (TPSA) is 72.7 Å². The van der Waals surface area contributed by atoms with Gasteiger partial charge in [0.2, 0.25) is 0 Å². The predicted octanol–water partition coefficient (Wildman–Crippen LogP) is 2.36. The lowest BCUT2D eigenvalue weighted by molar-refractivity contribution is -0.384. The second kappa shape index (κ2) is 7.06. The smallest absolute Gasteiger partial charge is 0.287 e. The number of benzene rings is 1. The van der Waals surface area contributed by atoms with Crippen LogP contribution in [0.4, 0.5) is 5.69 Å². The zero-order valence-corrected chi connectivity index (χ0v) is 11.5. The molecule has 1 aromatic rings. The molecule has 0 heterocycles. The predicted molar refractivity (Wildman–Crippen MR) is 71.6 cm³/mol. The highest BCUT2D eigenvalue weighted by atomic mass is 35.5. The van der Waals surface area contributed by atoms with E-state index < -0.39 is 4.92 Å². The van der Waals surface area contributed by atoms with E-state index in [9.17, 15) is 14.9 Å². The third-order valence-corrected chi connectivity index (χ3v) is 2.82. The fourth-order valence-electron chi connectivity index (χ4n) is 1.46. The van der Waals surface area contributed by atoms with Gasteiger partial charge in [-0.05, 0) is 19.1 Å². The van der Waals surface area contributed by atoms with Gasteiger partial charge < -0.3 is 9.64 Å². The van der Waals surface area contributed by atoms with Crippen LogP contribution in [0.2, 0.25) is 5.02 Å². The zero-order chi connectivity index (χ0) is 14.4. The van der Waals surface area contributed by atoms with E-state index >= 15 is 0 Å². The van der Waals surface area contributed by atoms with Gasteiger partial charge in [-0.2, -0.15) is 0 Å². The highest BCUT2D eigenvalue weighted by molar-refractivity contribution is 6.33. The Morgan fingerprint density at radius 3 is 2.74 bits per heavy atom. The third kappa shape index (κ3) is 4.18. The maximum Gasteiger partial charge on any atom is 0.287 e. The first-order valence-corrected chi connectivity index (χ1v) is 6.12. The molecule has 6 nitrogen and oxygen atoms in total. The van der Waals surface area contributed by atoms with Crippen molar-refractivity contribution in [1.82, 2.24) is 4.90 Å². The van der Waals surface area contributed by atoms with Crippen molar-refractivity contribution in [1.29, 1.82) is 0 Å². The van der Waals surface area contributed by atoms with E-state index in [-0.39, 0.29) is 16.6 Å². The molecule has 0 N–H and O–H groups in total. The quantitative estimate of drug-likeness (QED) is 0.457. The largest absolute Gasteiger partial charge is 0.380 e. The number of rotatable bonds is 6. The van der Waals surface area contributed by atoms with Crippen molar-refractivity contribution in [2.75, 3.05) is 26.8 Å². The van der Waals surface area contributed by atoms with Crippen molar-refractivity contribution >= 4 is 23.2 Å². The highest BCUT2D eigenvalue weighted by Gasteiger charge is 2.17. The first-order valence-electron chi connectivity index (χ1n) is 5.74. The number of amides is 1. The molecule has 1 amide bonds. The molecule has 0 saturated heterocycles. The molecule has 0 saturated carbocycles. The molecule has 0 atom stereocenters. The monoisotopic (exact) mass is 286 g/mol. The molecule has 0 unspecified atom stereocenters. The maximum atomic E-state index is 12.0. The van der Waals surface area contributed by atoms with E-state index in [2.05, 4.69) is 0 Å². The van der Waals surface area contributed by atoms with Gasteiger partial charge >= 0.3 is 0 Å². The van der Waals surface area contributed by atoms with Crippen molar-refractivity contribution in [2.45, 2.75) is 6.92 Å². The Bertz CT molecular complexity index is 479. The standard InChI is InChI=1S/C12H15ClN2O4/c1-3-19-7-6-14(2)12(16)9-4-5-11(15(17)18)10(13)8-9/h4-5,8H,3,6-7H2,1-2H3. The van der Waals surface area contributed by atoms with Crippen LogP contribution < -0.4 is 0 Å². The molecule has 104 valence electrons. The van der Waals surface area contributed by atoms with Crippen LogP contribution in [0.3, 0.4) is 0 Å². The number of carbonyl (C=O) groups is 1. The van der Waals surface area contributed by atoms with Crippen LogP contribution in [0, 0.1) is 10.1 Å². The number of nitro benzene ring substituents is 1. The summed E-state index contributed by atoms with van der Waals surface area (Å²) >= 11 is 5.76. The van der Waals surface area contributed by atoms with Crippen LogP contribution in [0.1, 0.15) is 17.3 Å². The van der Waals surface area contributed by atoms with Crippen molar-refractivity contribution < 1.29 is 14.5 Å². The summed E-state index contributed by atoms with van der Waals surface area (Å²) in [7, 11) is 1.64. The number of nitrogens with zero attached hydrogens (tertiary/aromatic N) is 2. The molecule has 1 rings (SSSR count). The number of halogens is 1. The van der Waals surface area contributed by atoms with Gasteiger partial charge in [0.25, 0.3) is 11.6 Å². The Morgan fingerprint density at radius 1 is 1.53 bits per heavy atom. The minimum Gasteiger partial charge on any atom is -0.380 e. The van der Waals surface area contributed by atoms with Crippen LogP contribution in [-0.4, -0.2) is 42.5 Å². The fourth-order valence-corrected chi connectivity index (χ4v) is 1.71. The summed E-state index contributed by atoms with van der Waals surface area (Å²) in [5.41, 5.74) is 0.102. The number of hydrogen-bond acceptors (Lipinski definition) is 4. The lowest BCUT2D eigenvalue weighted by Crippen LogP contribution is -2.30. The summed E-state index contributed by atoms with van der Waals surface area (Å²) in [6, 6.07) is 3.93. The number of carbonyl (C=O) groups excluding carboxylic acids is 1. The van der Waals surface area contributed by atoms with E-state index in [0.717, 1.165) is 0 Å². The maximum absolute atomic E-state index is 12.0. The van der Waals surface area contributed by atoms with Crippen LogP contribution in [0.15, 0.2) is 18.2 Å². The second-order valence-corrected chi connectivity index (χ2v) is 4.25. The van der Waals surface area contributed by atoms with Gasteiger partial charge in [-0.3, -0.25) is 14.9 Å². The summed E-state index contributed by atoms with van der Waals surface area (Å²) in [6.45, 7) is 3.35. The molecule has 0 aliphatic carbocycles. The normalized spacial score (nSPS) is 10.3. The van der Waals surface area contributed by atoms with Gasteiger partial charge in [0, 0.05) is 31.8 Å². The molecule has 0 aromatic heterocycles. The van der Waals surface area contributed by atoms with Crippen LogP contribution in [-0.2, 0) is 4.74 Å². The number of hydrogen-bond donors (Lipinski definition) is 0. The van der Waals surface area contributed by atoms with Crippen molar-refractivity contribution in [3.05, 3.63) is 38.9 Å². The lowest BCUT2D eigenvalue weighted by atomic mass is 10.2. The summed E-state index contributed by atoms with van der Waals surface area (Å²) in [5, 5.41) is 10.6. The van der Waals surface area contributed by atoms with Gasteiger partial charge in [0.05, 0.1) is 11.5 Å². The van der Waals surface area contributed by atoms with Gasteiger partial charge in [0.1, 0.15) is 5.02 Å².